The van der Waals surface area contributed by atoms with E-state index in [-0.39, 0.29) is 31.8 Å². The van der Waals surface area contributed by atoms with Crippen LogP contribution in [0.5, 0.6) is 23.0 Å². The lowest BCUT2D eigenvalue weighted by atomic mass is 10.0. The van der Waals surface area contributed by atoms with Crippen LogP contribution in [0.3, 0.4) is 0 Å². The molecule has 4 aromatic carbocycles. The summed E-state index contributed by atoms with van der Waals surface area (Å²) in [6.45, 7) is 12.7. The SMILES string of the molecule is CCOC(=O)/C=C(\c1ncc(C)s1)c1cc(OCc2ccccc2)ccc1OC.CCOC(=O)CP(=O)(OCC)OCC.COc1ccc(OCc2ccccc2)cc1C(=O)c1ncc(C)s1. The van der Waals surface area contributed by atoms with Gasteiger partial charge in [0.15, 0.2) is 5.01 Å². The minimum Gasteiger partial charge on any atom is -0.496 e. The molecule has 2 aromatic heterocycles. The molecule has 2 heterocycles. The van der Waals surface area contributed by atoms with Gasteiger partial charge >= 0.3 is 19.5 Å². The minimum atomic E-state index is -3.28. The van der Waals surface area contributed by atoms with Gasteiger partial charge in [-0.2, -0.15) is 0 Å². The van der Waals surface area contributed by atoms with Crippen LogP contribution in [0.25, 0.3) is 5.57 Å². The lowest BCUT2D eigenvalue weighted by Crippen LogP contribution is -2.12. The summed E-state index contributed by atoms with van der Waals surface area (Å²) in [6.07, 6.45) is 4.62. The molecule has 0 unspecified atom stereocenters. The fourth-order valence-electron chi connectivity index (χ4n) is 5.92. The molecule has 0 radical (unpaired) electrons. The Morgan fingerprint density at radius 1 is 0.612 bits per heavy atom. The molecule has 14 nitrogen and oxygen atoms in total. The molecule has 0 atom stereocenters. The fourth-order valence-corrected chi connectivity index (χ4v) is 8.89. The number of hydrogen-bond donors (Lipinski definition) is 0. The lowest BCUT2D eigenvalue weighted by molar-refractivity contribution is -0.140. The monoisotopic (exact) mass is 972 g/mol. The number of aromatic nitrogens is 2. The van der Waals surface area contributed by atoms with Crippen molar-refractivity contribution in [3.8, 4) is 23.0 Å². The quantitative estimate of drug-likeness (QED) is 0.0289. The van der Waals surface area contributed by atoms with E-state index in [2.05, 4.69) is 14.7 Å². The smallest absolute Gasteiger partial charge is 0.341 e. The Labute approximate surface area is 400 Å². The highest BCUT2D eigenvalue weighted by Crippen LogP contribution is 2.47. The molecule has 0 aliphatic rings. The number of benzene rings is 4. The van der Waals surface area contributed by atoms with Gasteiger partial charge in [0.05, 0.1) is 46.2 Å². The zero-order chi connectivity index (χ0) is 48.6. The number of carbonyl (C=O) groups is 3. The first-order chi connectivity index (χ1) is 32.3. The maximum atomic E-state index is 12.7. The van der Waals surface area contributed by atoms with E-state index in [0.717, 1.165) is 26.4 Å². The molecule has 356 valence electrons. The molecule has 0 aliphatic carbocycles. The van der Waals surface area contributed by atoms with Crippen molar-refractivity contribution < 1.29 is 56.4 Å². The first-order valence-electron chi connectivity index (χ1n) is 21.4. The Kier molecular flexibility index (Phi) is 22.4. The third-order valence-corrected chi connectivity index (χ3v) is 12.7. The van der Waals surface area contributed by atoms with Crippen LogP contribution in [-0.4, -0.2) is 74.5 Å². The van der Waals surface area contributed by atoms with Gasteiger partial charge in [0.2, 0.25) is 5.78 Å². The van der Waals surface area contributed by atoms with Gasteiger partial charge in [0.1, 0.15) is 47.4 Å². The Hall–Kier alpha value is -6.16. The van der Waals surface area contributed by atoms with Crippen LogP contribution in [0.4, 0.5) is 0 Å². The molecule has 0 amide bonds. The van der Waals surface area contributed by atoms with Crippen molar-refractivity contribution in [2.75, 3.05) is 46.8 Å². The average Bonchev–Trinajstić information content (AvgIpc) is 3.98. The Bertz CT molecular complexity index is 2550. The van der Waals surface area contributed by atoms with Crippen LogP contribution < -0.4 is 18.9 Å². The summed E-state index contributed by atoms with van der Waals surface area (Å²) >= 11 is 2.87. The highest BCUT2D eigenvalue weighted by molar-refractivity contribution is 7.54. The third-order valence-electron chi connectivity index (χ3n) is 8.87. The maximum Gasteiger partial charge on any atom is 0.341 e. The van der Waals surface area contributed by atoms with E-state index >= 15 is 0 Å². The lowest BCUT2D eigenvalue weighted by Gasteiger charge is -2.15. The number of thiazole rings is 2. The van der Waals surface area contributed by atoms with Gasteiger partial charge in [-0.25, -0.2) is 14.8 Å². The summed E-state index contributed by atoms with van der Waals surface area (Å²) in [5.74, 6) is 1.30. The zero-order valence-corrected chi connectivity index (χ0v) is 41.5. The Morgan fingerprint density at radius 3 is 1.54 bits per heavy atom. The number of esters is 2. The number of rotatable bonds is 21. The number of hydrogen-bond acceptors (Lipinski definition) is 16. The maximum absolute atomic E-state index is 12.7. The minimum absolute atomic E-state index is 0.157. The molecule has 6 aromatic rings. The van der Waals surface area contributed by atoms with Crippen molar-refractivity contribution in [3.05, 3.63) is 158 Å². The summed E-state index contributed by atoms with van der Waals surface area (Å²) in [6, 6.07) is 30.6. The van der Waals surface area contributed by atoms with Crippen molar-refractivity contribution >= 4 is 53.6 Å². The van der Waals surface area contributed by atoms with Gasteiger partial charge in [0.25, 0.3) is 0 Å². The van der Waals surface area contributed by atoms with Gasteiger partial charge in [-0.15, -0.1) is 22.7 Å². The molecule has 0 saturated carbocycles. The molecule has 0 bridgehead atoms. The van der Waals surface area contributed by atoms with Crippen molar-refractivity contribution in [2.24, 2.45) is 0 Å². The van der Waals surface area contributed by atoms with Crippen LogP contribution >= 0.6 is 30.3 Å². The van der Waals surface area contributed by atoms with Crippen LogP contribution in [0.15, 0.2) is 116 Å². The molecule has 0 aliphatic heterocycles. The number of ether oxygens (including phenoxy) is 6. The molecular formula is C50H57N2O12PS2. The van der Waals surface area contributed by atoms with E-state index < -0.39 is 19.5 Å². The first-order valence-corrected chi connectivity index (χ1v) is 24.7. The second kappa shape index (κ2) is 28.1. The van der Waals surface area contributed by atoms with Gasteiger partial charge in [-0.3, -0.25) is 14.2 Å². The molecule has 0 saturated heterocycles. The number of ketones is 1. The van der Waals surface area contributed by atoms with Crippen LogP contribution in [0.1, 0.15) is 74.5 Å². The Morgan fingerprint density at radius 2 is 1.09 bits per heavy atom. The summed E-state index contributed by atoms with van der Waals surface area (Å²) in [7, 11) is -0.139. The highest BCUT2D eigenvalue weighted by Gasteiger charge is 2.28. The van der Waals surface area contributed by atoms with Crippen LogP contribution in [0.2, 0.25) is 0 Å². The van der Waals surface area contributed by atoms with Crippen molar-refractivity contribution in [2.45, 2.75) is 54.8 Å². The Balaban J connectivity index is 0.000000233. The summed E-state index contributed by atoms with van der Waals surface area (Å²) < 4.78 is 54.0. The largest absolute Gasteiger partial charge is 0.496 e. The standard InChI is InChI=1S/C23H23NO4S.C19H17NO3S.C8H17O5P/c1-4-27-22(25)13-20(23-24-14-16(2)29-23)19-12-18(10-11-21(19)26-3)28-15-17-8-6-5-7-9-17;1-13-11-20-19(24-13)18(21)16-10-15(8-9-17(16)22-2)23-12-14-6-4-3-5-7-14;1-4-11-8(9)7-14(10,12-5-2)13-6-3/h5-14H,4,15H2,1-3H3;3-11H,12H2,1-2H3;4-7H2,1-3H3/b20-13-;;. The number of carbonyl (C=O) groups excluding carboxylic acids is 3. The summed E-state index contributed by atoms with van der Waals surface area (Å²) in [5.41, 5.74) is 3.96. The topological polar surface area (TPSA) is 168 Å². The van der Waals surface area contributed by atoms with E-state index in [9.17, 15) is 18.9 Å². The highest BCUT2D eigenvalue weighted by atomic mass is 32.1. The molecule has 6 rings (SSSR count). The van der Waals surface area contributed by atoms with Gasteiger partial charge < -0.3 is 37.5 Å². The van der Waals surface area contributed by atoms with Gasteiger partial charge in [-0.05, 0) is 89.1 Å². The summed E-state index contributed by atoms with van der Waals surface area (Å²) in [5, 5.41) is 1.17. The second-order valence-electron chi connectivity index (χ2n) is 13.9. The normalized spacial score (nSPS) is 11.0. The van der Waals surface area contributed by atoms with E-state index in [1.165, 1.54) is 28.7 Å². The predicted molar refractivity (Wildman–Crippen MR) is 261 cm³/mol. The molecule has 0 fully saturated rings. The second-order valence-corrected chi connectivity index (χ2v) is 18.4. The van der Waals surface area contributed by atoms with E-state index in [0.29, 0.717) is 64.0 Å². The van der Waals surface area contributed by atoms with Crippen molar-refractivity contribution in [1.82, 2.24) is 9.97 Å². The fraction of sp³-hybridized carbons (Fsp3) is 0.300. The van der Waals surface area contributed by atoms with Gasteiger partial charge in [0, 0.05) is 39.4 Å². The molecule has 17 heteroatoms. The molecular weight excluding hydrogens is 916 g/mol. The summed E-state index contributed by atoms with van der Waals surface area (Å²) in [4.78, 5) is 46.6. The number of aryl methyl sites for hydroxylation is 2. The average molecular weight is 973 g/mol. The number of nitrogens with zero attached hydrogens (tertiary/aromatic N) is 2. The van der Waals surface area contributed by atoms with Gasteiger partial charge in [-0.1, -0.05) is 60.7 Å². The van der Waals surface area contributed by atoms with E-state index in [1.54, 1.807) is 72.5 Å². The molecule has 67 heavy (non-hydrogen) atoms. The van der Waals surface area contributed by atoms with E-state index in [4.69, 9.17) is 32.7 Å². The predicted octanol–water partition coefficient (Wildman–Crippen LogP) is 11.1. The zero-order valence-electron chi connectivity index (χ0n) is 39.0. The molecule has 0 spiro atoms. The van der Waals surface area contributed by atoms with Crippen LogP contribution in [0, 0.1) is 13.8 Å². The van der Waals surface area contributed by atoms with Crippen LogP contribution in [-0.2, 0) is 45.9 Å². The molecule has 0 N–H and O–H groups in total. The van der Waals surface area contributed by atoms with Crippen molar-refractivity contribution in [1.29, 1.82) is 0 Å². The van der Waals surface area contributed by atoms with E-state index in [1.807, 2.05) is 92.7 Å². The number of methoxy groups -OCH3 is 2. The third kappa shape index (κ3) is 17.5. The first kappa shape index (κ1) is 53.5. The van der Waals surface area contributed by atoms with Crippen molar-refractivity contribution in [3.63, 3.8) is 0 Å².